The molecule has 5 nitrogen and oxygen atoms in total. The van der Waals surface area contributed by atoms with E-state index in [0.717, 1.165) is 50.3 Å². The molecule has 2 N–H and O–H groups in total. The number of hydrogen-bond donors (Lipinski definition) is 1. The number of allylic oxidation sites excluding steroid dienone is 3. The van der Waals surface area contributed by atoms with Crippen LogP contribution in [-0.2, 0) is 11.4 Å². The fraction of sp³-hybridized carbons (Fsp3) is 0.226. The van der Waals surface area contributed by atoms with Crippen LogP contribution in [0.2, 0.25) is 5.02 Å². The Morgan fingerprint density at radius 3 is 2.58 bits per heavy atom. The molecule has 3 aromatic carbocycles. The first-order valence-electron chi connectivity index (χ1n) is 12.5. The third kappa shape index (κ3) is 4.84. The highest BCUT2D eigenvalue weighted by Gasteiger charge is 2.41. The minimum atomic E-state index is -0.537. The van der Waals surface area contributed by atoms with Gasteiger partial charge in [0.15, 0.2) is 5.78 Å². The molecule has 192 valence electrons. The van der Waals surface area contributed by atoms with Crippen LogP contribution in [-0.4, -0.2) is 5.78 Å². The number of hydrogen-bond acceptors (Lipinski definition) is 5. The Balaban J connectivity index is 1.62. The molecule has 0 amide bonds. The number of carbonyl (C=O) groups is 1. The van der Waals surface area contributed by atoms with Gasteiger partial charge in [0, 0.05) is 32.9 Å². The van der Waals surface area contributed by atoms with Crippen molar-refractivity contribution in [2.75, 3.05) is 4.90 Å². The summed E-state index contributed by atoms with van der Waals surface area (Å²) in [6, 6.07) is 21.5. The quantitative estimate of drug-likeness (QED) is 0.332. The van der Waals surface area contributed by atoms with E-state index >= 15 is 0 Å². The lowest BCUT2D eigenvalue weighted by atomic mass is 9.74. The molecule has 2 aliphatic rings. The first kappa shape index (κ1) is 26.1. The van der Waals surface area contributed by atoms with Crippen molar-refractivity contribution in [3.05, 3.63) is 115 Å². The average molecular weight is 589 g/mol. The van der Waals surface area contributed by atoms with Crippen molar-refractivity contribution in [1.82, 2.24) is 0 Å². The van der Waals surface area contributed by atoms with Gasteiger partial charge in [0.25, 0.3) is 0 Å². The number of nitriles is 1. The molecule has 1 heterocycles. The topological polar surface area (TPSA) is 79.4 Å². The molecule has 1 atom stereocenters. The van der Waals surface area contributed by atoms with E-state index in [1.165, 1.54) is 0 Å². The summed E-state index contributed by atoms with van der Waals surface area (Å²) in [5.41, 5.74) is 13.3. The Morgan fingerprint density at radius 1 is 1.11 bits per heavy atom. The number of rotatable bonds is 5. The van der Waals surface area contributed by atoms with Crippen LogP contribution in [0.4, 0.5) is 5.69 Å². The predicted octanol–water partition coefficient (Wildman–Crippen LogP) is 7.60. The molecule has 0 spiro atoms. The van der Waals surface area contributed by atoms with Crippen LogP contribution < -0.4 is 15.4 Å². The Bertz CT molecular complexity index is 1540. The van der Waals surface area contributed by atoms with Gasteiger partial charge in [-0.1, -0.05) is 45.7 Å². The van der Waals surface area contributed by atoms with E-state index in [-0.39, 0.29) is 5.78 Å². The van der Waals surface area contributed by atoms with Gasteiger partial charge in [-0.15, -0.1) is 0 Å². The summed E-state index contributed by atoms with van der Waals surface area (Å²) in [7, 11) is 0. The van der Waals surface area contributed by atoms with Crippen molar-refractivity contribution < 1.29 is 9.53 Å². The number of ether oxygens (including phenoxy) is 1. The standard InChI is InChI=1S/C31H27BrClN3O2/c1-18-13-19(2)25(14-20(18)17-38-24-11-9-21(32)10-12-24)29-26(16-34)31(35)36(23-6-3-5-22(33)15-23)27-7-4-8-28(37)30(27)29/h3,5-6,9-15,29H,4,7-8,17,35H2,1-2H3. The zero-order valence-electron chi connectivity index (χ0n) is 21.2. The zero-order chi connectivity index (χ0) is 27.0. The first-order valence-corrected chi connectivity index (χ1v) is 13.7. The van der Waals surface area contributed by atoms with Gasteiger partial charge in [0.2, 0.25) is 0 Å². The van der Waals surface area contributed by atoms with E-state index in [9.17, 15) is 10.1 Å². The second kappa shape index (κ2) is 10.7. The van der Waals surface area contributed by atoms with Crippen LogP contribution >= 0.6 is 27.5 Å². The molecule has 3 aromatic rings. The normalized spacial score (nSPS) is 17.4. The highest BCUT2D eigenvalue weighted by Crippen LogP contribution is 2.47. The van der Waals surface area contributed by atoms with E-state index < -0.39 is 5.92 Å². The molecule has 1 aliphatic heterocycles. The van der Waals surface area contributed by atoms with Crippen molar-refractivity contribution in [1.29, 1.82) is 5.26 Å². The van der Waals surface area contributed by atoms with E-state index in [1.807, 2.05) is 61.2 Å². The highest BCUT2D eigenvalue weighted by atomic mass is 79.9. The van der Waals surface area contributed by atoms with E-state index in [0.29, 0.717) is 41.4 Å². The van der Waals surface area contributed by atoms with E-state index in [4.69, 9.17) is 22.1 Å². The maximum Gasteiger partial charge on any atom is 0.161 e. The van der Waals surface area contributed by atoms with Crippen LogP contribution in [0.3, 0.4) is 0 Å². The lowest BCUT2D eigenvalue weighted by molar-refractivity contribution is -0.116. The number of ketones is 1. The monoisotopic (exact) mass is 587 g/mol. The fourth-order valence-corrected chi connectivity index (χ4v) is 5.83. The SMILES string of the molecule is Cc1cc(C)c(C2C(C#N)=C(N)N(c3cccc(Cl)c3)C3=C2C(=O)CCC3)cc1COc1ccc(Br)cc1. The highest BCUT2D eigenvalue weighted by molar-refractivity contribution is 9.10. The molecule has 0 bridgehead atoms. The molecule has 0 aromatic heterocycles. The van der Waals surface area contributed by atoms with Crippen LogP contribution in [0.5, 0.6) is 5.75 Å². The van der Waals surface area contributed by atoms with Gasteiger partial charge in [0.1, 0.15) is 18.2 Å². The molecule has 0 radical (unpaired) electrons. The van der Waals surface area contributed by atoms with Gasteiger partial charge in [-0.05, 0) is 91.4 Å². The summed E-state index contributed by atoms with van der Waals surface area (Å²) in [4.78, 5) is 15.4. The second-order valence-electron chi connectivity index (χ2n) is 9.67. The van der Waals surface area contributed by atoms with Crippen molar-refractivity contribution in [2.45, 2.75) is 45.6 Å². The molecule has 7 heteroatoms. The lowest BCUT2D eigenvalue weighted by Crippen LogP contribution is -2.39. The van der Waals surface area contributed by atoms with Gasteiger partial charge in [-0.3, -0.25) is 9.69 Å². The molecule has 1 unspecified atom stereocenters. The summed E-state index contributed by atoms with van der Waals surface area (Å²) < 4.78 is 7.06. The summed E-state index contributed by atoms with van der Waals surface area (Å²) in [6.45, 7) is 4.43. The number of anilines is 1. The molecular weight excluding hydrogens is 562 g/mol. The van der Waals surface area contributed by atoms with Crippen molar-refractivity contribution in [3.63, 3.8) is 0 Å². The van der Waals surface area contributed by atoms with Gasteiger partial charge in [-0.2, -0.15) is 5.26 Å². The maximum absolute atomic E-state index is 13.5. The molecule has 0 saturated carbocycles. The Kier molecular flexibility index (Phi) is 7.34. The zero-order valence-corrected chi connectivity index (χ0v) is 23.6. The number of Topliss-reactive ketones (excluding diaryl/α,β-unsaturated/α-hetero) is 1. The third-order valence-electron chi connectivity index (χ3n) is 7.22. The number of benzene rings is 3. The third-order valence-corrected chi connectivity index (χ3v) is 7.99. The van der Waals surface area contributed by atoms with Gasteiger partial charge in [-0.25, -0.2) is 0 Å². The summed E-state index contributed by atoms with van der Waals surface area (Å²) in [6.07, 6.45) is 1.87. The maximum atomic E-state index is 13.5. The van der Waals surface area contributed by atoms with E-state index in [2.05, 4.69) is 34.1 Å². The van der Waals surface area contributed by atoms with Crippen LogP contribution in [0, 0.1) is 25.2 Å². The van der Waals surface area contributed by atoms with Crippen LogP contribution in [0.1, 0.15) is 47.4 Å². The number of nitrogens with two attached hydrogens (primary N) is 1. The van der Waals surface area contributed by atoms with E-state index in [1.54, 1.807) is 6.07 Å². The summed E-state index contributed by atoms with van der Waals surface area (Å²) >= 11 is 9.75. The van der Waals surface area contributed by atoms with Crippen molar-refractivity contribution in [2.24, 2.45) is 5.73 Å². The largest absolute Gasteiger partial charge is 0.489 e. The average Bonchev–Trinajstić information content (AvgIpc) is 2.89. The smallest absolute Gasteiger partial charge is 0.161 e. The molecule has 1 aliphatic carbocycles. The van der Waals surface area contributed by atoms with Crippen molar-refractivity contribution in [3.8, 4) is 11.8 Å². The van der Waals surface area contributed by atoms with Gasteiger partial charge in [0.05, 0.1) is 17.6 Å². The minimum Gasteiger partial charge on any atom is -0.489 e. The van der Waals surface area contributed by atoms with Crippen LogP contribution in [0.25, 0.3) is 0 Å². The second-order valence-corrected chi connectivity index (χ2v) is 11.0. The molecule has 0 fully saturated rings. The minimum absolute atomic E-state index is 0.0520. The van der Waals surface area contributed by atoms with Gasteiger partial charge < -0.3 is 10.5 Å². The fourth-order valence-electron chi connectivity index (χ4n) is 5.38. The lowest BCUT2D eigenvalue weighted by Gasteiger charge is -2.40. The Labute approximate surface area is 236 Å². The molecule has 0 saturated heterocycles. The number of nitrogens with zero attached hydrogens (tertiary/aromatic N) is 2. The Morgan fingerprint density at radius 2 is 1.87 bits per heavy atom. The molecule has 5 rings (SSSR count). The van der Waals surface area contributed by atoms with Crippen molar-refractivity contribution >= 4 is 39.0 Å². The molecule has 38 heavy (non-hydrogen) atoms. The summed E-state index contributed by atoms with van der Waals surface area (Å²) in [5.74, 6) is 0.612. The molecular formula is C31H27BrClN3O2. The predicted molar refractivity (Wildman–Crippen MR) is 154 cm³/mol. The first-order chi connectivity index (χ1) is 18.3. The number of halogens is 2. The van der Waals surface area contributed by atoms with Gasteiger partial charge >= 0.3 is 0 Å². The number of aryl methyl sites for hydroxylation is 2. The Hall–Kier alpha value is -3.53. The number of carbonyl (C=O) groups excluding carboxylic acids is 1. The summed E-state index contributed by atoms with van der Waals surface area (Å²) in [5, 5.41) is 10.9. The van der Waals surface area contributed by atoms with Crippen LogP contribution in [0.15, 0.2) is 87.8 Å².